The Kier molecular flexibility index (Phi) is 48.1. The Morgan fingerprint density at radius 1 is 0.476 bits per heavy atom. The Morgan fingerprint density at radius 2 is 0.857 bits per heavy atom. The largest absolute Gasteiger partial charge is 0.462 e. The molecule has 0 radical (unpaired) electrons. The van der Waals surface area contributed by atoms with Crippen LogP contribution in [0.2, 0.25) is 0 Å². The molecule has 0 bridgehead atoms. The number of aliphatic hydroxyl groups is 2. The number of hydrogen-bond acceptors (Lipinski definition) is 5. The van der Waals surface area contributed by atoms with Gasteiger partial charge in [0.1, 0.15) is 6.10 Å². The molecule has 3 atom stereocenters. The van der Waals surface area contributed by atoms with Crippen molar-refractivity contribution in [3.05, 3.63) is 72.9 Å². The number of rotatable bonds is 47. The average Bonchev–Trinajstić information content (AvgIpc) is 3.28. The van der Waals surface area contributed by atoms with Gasteiger partial charge in [-0.3, -0.25) is 9.59 Å². The molecule has 6 nitrogen and oxygen atoms in total. The van der Waals surface area contributed by atoms with Crippen molar-refractivity contribution in [1.29, 1.82) is 0 Å². The third kappa shape index (κ3) is 45.7. The molecular formula is C57H101NO5. The lowest BCUT2D eigenvalue weighted by Crippen LogP contribution is -2.46. The van der Waals surface area contributed by atoms with E-state index in [1.165, 1.54) is 103 Å². The maximum Gasteiger partial charge on any atom is 0.306 e. The highest BCUT2D eigenvalue weighted by atomic mass is 16.5. The monoisotopic (exact) mass is 880 g/mol. The number of allylic oxidation sites excluding steroid dienone is 12. The SMILES string of the molecule is CC/C=C/C/C=C/C/C=C/CCCCCCC(=O)OC(CCCC/C=C\C/C=C\C/C=C\CCCCC)CC(=O)NC(CO)C(O)CCCCCCCCCCCCCCCCC. The van der Waals surface area contributed by atoms with Crippen LogP contribution in [0.3, 0.4) is 0 Å². The van der Waals surface area contributed by atoms with E-state index in [2.05, 4.69) is 99.0 Å². The van der Waals surface area contributed by atoms with Crippen molar-refractivity contribution in [2.45, 2.75) is 270 Å². The van der Waals surface area contributed by atoms with Gasteiger partial charge in [-0.05, 0) is 96.3 Å². The zero-order chi connectivity index (χ0) is 45.9. The molecule has 3 N–H and O–H groups in total. The summed E-state index contributed by atoms with van der Waals surface area (Å²) < 4.78 is 5.91. The van der Waals surface area contributed by atoms with Gasteiger partial charge in [-0.1, -0.05) is 216 Å². The summed E-state index contributed by atoms with van der Waals surface area (Å²) in [5.74, 6) is -0.538. The van der Waals surface area contributed by atoms with Gasteiger partial charge in [0.25, 0.3) is 0 Å². The fraction of sp³-hybridized carbons (Fsp3) is 0.754. The van der Waals surface area contributed by atoms with Crippen molar-refractivity contribution < 1.29 is 24.5 Å². The molecule has 0 saturated heterocycles. The highest BCUT2D eigenvalue weighted by molar-refractivity contribution is 5.77. The second-order valence-corrected chi connectivity index (χ2v) is 17.9. The number of unbranched alkanes of at least 4 members (excludes halogenated alkanes) is 23. The van der Waals surface area contributed by atoms with Crippen LogP contribution in [0.25, 0.3) is 0 Å². The molecule has 364 valence electrons. The van der Waals surface area contributed by atoms with Crippen LogP contribution in [-0.4, -0.2) is 46.9 Å². The zero-order valence-electron chi connectivity index (χ0n) is 41.4. The van der Waals surface area contributed by atoms with Gasteiger partial charge in [0.05, 0.1) is 25.2 Å². The summed E-state index contributed by atoms with van der Waals surface area (Å²) >= 11 is 0. The highest BCUT2D eigenvalue weighted by Crippen LogP contribution is 2.17. The van der Waals surface area contributed by atoms with Crippen molar-refractivity contribution >= 4 is 11.9 Å². The van der Waals surface area contributed by atoms with Crippen LogP contribution in [0, 0.1) is 0 Å². The van der Waals surface area contributed by atoms with Crippen LogP contribution < -0.4 is 5.32 Å². The van der Waals surface area contributed by atoms with Crippen LogP contribution in [0.15, 0.2) is 72.9 Å². The van der Waals surface area contributed by atoms with Gasteiger partial charge in [0.15, 0.2) is 0 Å². The molecule has 1 amide bonds. The summed E-state index contributed by atoms with van der Waals surface area (Å²) in [6, 6.07) is -0.721. The number of hydrogen-bond donors (Lipinski definition) is 3. The second-order valence-electron chi connectivity index (χ2n) is 17.9. The molecule has 0 fully saturated rings. The summed E-state index contributed by atoms with van der Waals surface area (Å²) in [4.78, 5) is 26.2. The van der Waals surface area contributed by atoms with E-state index in [0.717, 1.165) is 103 Å². The fourth-order valence-electron chi connectivity index (χ4n) is 7.75. The summed E-state index contributed by atoms with van der Waals surface area (Å²) in [7, 11) is 0. The summed E-state index contributed by atoms with van der Waals surface area (Å²) in [6.07, 6.45) is 63.9. The quantitative estimate of drug-likeness (QED) is 0.0321. The first-order valence-corrected chi connectivity index (χ1v) is 26.7. The minimum atomic E-state index is -0.805. The lowest BCUT2D eigenvalue weighted by Gasteiger charge is -2.24. The van der Waals surface area contributed by atoms with Gasteiger partial charge in [-0.15, -0.1) is 0 Å². The Bertz CT molecular complexity index is 1170. The number of nitrogens with one attached hydrogen (secondary N) is 1. The predicted octanol–water partition coefficient (Wildman–Crippen LogP) is 16.2. The Morgan fingerprint density at radius 3 is 1.35 bits per heavy atom. The van der Waals surface area contributed by atoms with E-state index in [1.807, 2.05) is 0 Å². The molecule has 0 aromatic rings. The molecule has 0 aliphatic rings. The lowest BCUT2D eigenvalue weighted by molar-refractivity contribution is -0.151. The van der Waals surface area contributed by atoms with E-state index < -0.39 is 18.2 Å². The first kappa shape index (κ1) is 60.3. The van der Waals surface area contributed by atoms with Gasteiger partial charge in [-0.2, -0.15) is 0 Å². The fourth-order valence-corrected chi connectivity index (χ4v) is 7.75. The maximum atomic E-state index is 13.2. The number of ether oxygens (including phenoxy) is 1. The minimum Gasteiger partial charge on any atom is -0.462 e. The van der Waals surface area contributed by atoms with Gasteiger partial charge >= 0.3 is 5.97 Å². The van der Waals surface area contributed by atoms with Crippen molar-refractivity contribution in [2.75, 3.05) is 6.61 Å². The van der Waals surface area contributed by atoms with E-state index in [1.54, 1.807) is 0 Å². The Hall–Kier alpha value is -2.70. The molecule has 0 aromatic carbocycles. The molecule has 0 spiro atoms. The molecule has 3 unspecified atom stereocenters. The van der Waals surface area contributed by atoms with Gasteiger partial charge < -0.3 is 20.3 Å². The number of amides is 1. The summed E-state index contributed by atoms with van der Waals surface area (Å²) in [5.41, 5.74) is 0. The molecular weight excluding hydrogens is 779 g/mol. The van der Waals surface area contributed by atoms with Crippen molar-refractivity contribution in [2.24, 2.45) is 0 Å². The molecule has 0 aliphatic carbocycles. The minimum absolute atomic E-state index is 0.0402. The van der Waals surface area contributed by atoms with E-state index in [4.69, 9.17) is 4.74 Å². The number of carbonyl (C=O) groups is 2. The number of aliphatic hydroxyl groups excluding tert-OH is 2. The van der Waals surface area contributed by atoms with E-state index >= 15 is 0 Å². The molecule has 0 aliphatic heterocycles. The molecule has 0 heterocycles. The molecule has 0 rings (SSSR count). The van der Waals surface area contributed by atoms with Crippen LogP contribution in [0.5, 0.6) is 0 Å². The van der Waals surface area contributed by atoms with E-state index in [-0.39, 0.29) is 24.9 Å². The molecule has 0 saturated carbocycles. The zero-order valence-corrected chi connectivity index (χ0v) is 41.4. The maximum absolute atomic E-state index is 13.2. The van der Waals surface area contributed by atoms with Crippen molar-refractivity contribution in [1.82, 2.24) is 5.32 Å². The average molecular weight is 880 g/mol. The van der Waals surface area contributed by atoms with Crippen LogP contribution >= 0.6 is 0 Å². The number of esters is 1. The van der Waals surface area contributed by atoms with Crippen LogP contribution in [0.4, 0.5) is 0 Å². The molecule has 6 heteroatoms. The smallest absolute Gasteiger partial charge is 0.306 e. The van der Waals surface area contributed by atoms with Gasteiger partial charge in [-0.25, -0.2) is 0 Å². The lowest BCUT2D eigenvalue weighted by atomic mass is 10.0. The van der Waals surface area contributed by atoms with Crippen LogP contribution in [0.1, 0.15) is 252 Å². The van der Waals surface area contributed by atoms with E-state index in [9.17, 15) is 19.8 Å². The second kappa shape index (κ2) is 50.3. The topological polar surface area (TPSA) is 95.9 Å². The van der Waals surface area contributed by atoms with Gasteiger partial charge in [0, 0.05) is 6.42 Å². The van der Waals surface area contributed by atoms with Crippen molar-refractivity contribution in [3.63, 3.8) is 0 Å². The first-order chi connectivity index (χ1) is 31.0. The number of carbonyl (C=O) groups excluding carboxylic acids is 2. The summed E-state index contributed by atoms with van der Waals surface area (Å²) in [6.45, 7) is 6.33. The Balaban J connectivity index is 4.67. The third-order valence-corrected chi connectivity index (χ3v) is 11.8. The van der Waals surface area contributed by atoms with Gasteiger partial charge in [0.2, 0.25) is 5.91 Å². The first-order valence-electron chi connectivity index (χ1n) is 26.7. The summed E-state index contributed by atoms with van der Waals surface area (Å²) in [5, 5.41) is 23.8. The third-order valence-electron chi connectivity index (χ3n) is 11.8. The highest BCUT2D eigenvalue weighted by Gasteiger charge is 2.24. The Labute approximate surface area is 390 Å². The molecule has 63 heavy (non-hydrogen) atoms. The van der Waals surface area contributed by atoms with E-state index in [0.29, 0.717) is 19.3 Å². The molecule has 0 aromatic heterocycles. The predicted molar refractivity (Wildman–Crippen MR) is 273 cm³/mol. The normalized spacial score (nSPS) is 13.8. The standard InChI is InChI=1S/C57H101NO5/c1-4-7-10-13-16-19-22-25-28-30-33-36-39-42-45-48-53(63-57(62)50-47-44-41-38-35-32-27-24-21-18-15-12-9-6-3)51-56(61)58-54(52-59)55(60)49-46-43-40-37-34-31-29-26-23-20-17-14-11-8-5-2/h9,12,16,18-19,21,25,27-28,32-33,36,53-55,59-60H,4-8,10-11,13-15,17,20,22-24,26,29-31,34-35,37-52H2,1-3H3,(H,58,61)/b12-9+,19-16-,21-18+,28-25-,32-27+,36-33-. The van der Waals surface area contributed by atoms with Crippen LogP contribution in [-0.2, 0) is 14.3 Å². The van der Waals surface area contributed by atoms with Crippen molar-refractivity contribution in [3.8, 4) is 0 Å².